The predicted molar refractivity (Wildman–Crippen MR) is 106 cm³/mol. The van der Waals surface area contributed by atoms with Crippen LogP contribution in [0.15, 0.2) is 15.7 Å². The van der Waals surface area contributed by atoms with Crippen molar-refractivity contribution in [1.82, 2.24) is 19.4 Å². The van der Waals surface area contributed by atoms with Gasteiger partial charge in [0.15, 0.2) is 0 Å². The second-order valence-electron chi connectivity index (χ2n) is 7.65. The zero-order valence-electron chi connectivity index (χ0n) is 16.4. The molecule has 28 heavy (non-hydrogen) atoms. The lowest BCUT2D eigenvalue weighted by atomic mass is 10.2. The summed E-state index contributed by atoms with van der Waals surface area (Å²) in [5.74, 6) is -0.186. The predicted octanol–water partition coefficient (Wildman–Crippen LogP) is 1.35. The first-order valence-electron chi connectivity index (χ1n) is 9.10. The van der Waals surface area contributed by atoms with Crippen LogP contribution in [-0.2, 0) is 22.6 Å². The molecule has 0 radical (unpaired) electrons. The summed E-state index contributed by atoms with van der Waals surface area (Å²) in [6, 6.07) is 1.73. The van der Waals surface area contributed by atoms with Gasteiger partial charge in [-0.1, -0.05) is 0 Å². The molecule has 0 unspecified atom stereocenters. The fourth-order valence-electron chi connectivity index (χ4n) is 3.00. The molecule has 1 fully saturated rings. The Hall–Kier alpha value is -2.62. The highest BCUT2D eigenvalue weighted by molar-refractivity contribution is 7.18. The molecule has 1 saturated heterocycles. The molecule has 1 aliphatic heterocycles. The van der Waals surface area contributed by atoms with Crippen LogP contribution in [0.3, 0.4) is 0 Å². The number of piperazine rings is 1. The van der Waals surface area contributed by atoms with Crippen LogP contribution in [0.2, 0.25) is 0 Å². The molecule has 1 aliphatic rings. The number of thiophene rings is 1. The van der Waals surface area contributed by atoms with Gasteiger partial charge >= 0.3 is 11.8 Å². The van der Waals surface area contributed by atoms with Crippen molar-refractivity contribution in [1.29, 1.82) is 0 Å². The van der Waals surface area contributed by atoms with Crippen molar-refractivity contribution in [2.75, 3.05) is 19.6 Å². The second-order valence-corrected chi connectivity index (χ2v) is 8.79. The number of rotatable bonds is 3. The van der Waals surface area contributed by atoms with E-state index in [1.165, 1.54) is 16.2 Å². The zero-order chi connectivity index (χ0) is 20.6. The summed E-state index contributed by atoms with van der Waals surface area (Å²) >= 11 is 1.27. The van der Waals surface area contributed by atoms with Gasteiger partial charge in [-0.15, -0.1) is 11.3 Å². The van der Waals surface area contributed by atoms with Crippen LogP contribution >= 0.6 is 11.3 Å². The first kappa shape index (κ1) is 20.1. The summed E-state index contributed by atoms with van der Waals surface area (Å²) in [5, 5.41) is 0. The molecule has 2 amide bonds. The lowest BCUT2D eigenvalue weighted by molar-refractivity contribution is -0.136. The monoisotopic (exact) mass is 408 g/mol. The van der Waals surface area contributed by atoms with E-state index in [-0.39, 0.29) is 18.0 Å². The van der Waals surface area contributed by atoms with Crippen LogP contribution in [0.5, 0.6) is 0 Å². The Balaban J connectivity index is 1.72. The van der Waals surface area contributed by atoms with Crippen LogP contribution in [0.1, 0.15) is 32.6 Å². The third-order valence-corrected chi connectivity index (χ3v) is 5.45. The molecule has 0 atom stereocenters. The first-order valence-corrected chi connectivity index (χ1v) is 9.92. The van der Waals surface area contributed by atoms with E-state index >= 15 is 0 Å². The zero-order valence-corrected chi connectivity index (χ0v) is 17.2. The lowest BCUT2D eigenvalue weighted by Gasteiger charge is -2.35. The number of ether oxygens (including phenoxy) is 1. The number of nitrogens with zero attached hydrogens (tertiary/aromatic N) is 3. The summed E-state index contributed by atoms with van der Waals surface area (Å²) in [4.78, 5) is 55.5. The number of aromatic nitrogens is 2. The maximum Gasteiger partial charge on any atom is 0.410 e. The summed E-state index contributed by atoms with van der Waals surface area (Å²) in [6.07, 6.45) is -0.500. The number of hydrogen-bond acceptors (Lipinski definition) is 6. The number of fused-ring (bicyclic) bond motifs is 1. The highest BCUT2D eigenvalue weighted by atomic mass is 32.1. The minimum atomic E-state index is -0.614. The highest BCUT2D eigenvalue weighted by Crippen LogP contribution is 2.23. The molecule has 3 heterocycles. The van der Waals surface area contributed by atoms with Crippen molar-refractivity contribution >= 4 is 33.6 Å². The standard InChI is InChI=1S/C18H24N4O5S/c1-5-22-15(24)14-12(19-16(22)25)8-11(28-14)9-20-6-7-21(10-13(20)23)17(26)27-18(2,3)4/h8H,5-7,9-10H2,1-4H3,(H,19,25). The largest absolute Gasteiger partial charge is 0.444 e. The SMILES string of the molecule is CCn1c(=O)[nH]c2cc(CN3CCN(C(=O)OC(C)(C)C)CC3=O)sc2c1=O. The van der Waals surface area contributed by atoms with Gasteiger partial charge in [-0.2, -0.15) is 0 Å². The van der Waals surface area contributed by atoms with Crippen LogP contribution < -0.4 is 11.2 Å². The molecule has 2 aromatic heterocycles. The molecular formula is C18H24N4O5S. The van der Waals surface area contributed by atoms with Gasteiger partial charge in [0.05, 0.1) is 12.1 Å². The summed E-state index contributed by atoms with van der Waals surface area (Å²) < 4.78 is 6.93. The van der Waals surface area contributed by atoms with Gasteiger partial charge in [0.25, 0.3) is 5.56 Å². The van der Waals surface area contributed by atoms with Gasteiger partial charge < -0.3 is 14.6 Å². The smallest absolute Gasteiger partial charge is 0.410 e. The van der Waals surface area contributed by atoms with Gasteiger partial charge in [-0.25, -0.2) is 9.59 Å². The normalized spacial score (nSPS) is 15.4. The second kappa shape index (κ2) is 7.42. The van der Waals surface area contributed by atoms with Gasteiger partial charge in [-0.05, 0) is 33.8 Å². The Morgan fingerprint density at radius 3 is 2.57 bits per heavy atom. The Kier molecular flexibility index (Phi) is 5.33. The maximum absolute atomic E-state index is 12.5. The molecule has 9 nitrogen and oxygen atoms in total. The van der Waals surface area contributed by atoms with Crippen molar-refractivity contribution in [3.63, 3.8) is 0 Å². The number of carbonyl (C=O) groups is 2. The quantitative estimate of drug-likeness (QED) is 0.825. The molecule has 0 saturated carbocycles. The molecule has 1 N–H and O–H groups in total. The van der Waals surface area contributed by atoms with Gasteiger partial charge in [0.1, 0.15) is 16.8 Å². The van der Waals surface area contributed by atoms with Crippen LogP contribution in [0, 0.1) is 0 Å². The molecule has 0 bridgehead atoms. The number of H-pyrrole nitrogens is 1. The number of carbonyl (C=O) groups excluding carboxylic acids is 2. The summed E-state index contributed by atoms with van der Waals surface area (Å²) in [7, 11) is 0. The van der Waals surface area contributed by atoms with Gasteiger partial charge in [0.2, 0.25) is 5.91 Å². The van der Waals surface area contributed by atoms with Crippen molar-refractivity contribution in [3.8, 4) is 0 Å². The van der Waals surface area contributed by atoms with E-state index in [0.717, 1.165) is 9.44 Å². The van der Waals surface area contributed by atoms with Crippen molar-refractivity contribution < 1.29 is 14.3 Å². The van der Waals surface area contributed by atoms with E-state index in [1.807, 2.05) is 0 Å². The Labute approximate surface area is 165 Å². The van der Waals surface area contributed by atoms with E-state index in [2.05, 4.69) is 4.98 Å². The topological polar surface area (TPSA) is 105 Å². The first-order chi connectivity index (χ1) is 13.1. The van der Waals surface area contributed by atoms with Crippen molar-refractivity contribution in [2.45, 2.75) is 46.4 Å². The summed E-state index contributed by atoms with van der Waals surface area (Å²) in [5.41, 5.74) is -0.888. The Morgan fingerprint density at radius 2 is 1.96 bits per heavy atom. The van der Waals surface area contributed by atoms with Crippen LogP contribution in [-0.4, -0.2) is 56.6 Å². The van der Waals surface area contributed by atoms with E-state index in [0.29, 0.717) is 36.4 Å². The minimum Gasteiger partial charge on any atom is -0.444 e. The third-order valence-electron chi connectivity index (χ3n) is 4.34. The number of amides is 2. The molecule has 2 aromatic rings. The minimum absolute atomic E-state index is 0.0424. The third kappa shape index (κ3) is 4.11. The van der Waals surface area contributed by atoms with Crippen LogP contribution in [0.25, 0.3) is 10.2 Å². The Bertz CT molecular complexity index is 1030. The molecule has 10 heteroatoms. The fraction of sp³-hybridized carbons (Fsp3) is 0.556. The maximum atomic E-state index is 12.5. The van der Waals surface area contributed by atoms with E-state index in [9.17, 15) is 19.2 Å². The van der Waals surface area contributed by atoms with E-state index in [1.54, 1.807) is 38.7 Å². The van der Waals surface area contributed by atoms with Gasteiger partial charge in [0, 0.05) is 24.5 Å². The Morgan fingerprint density at radius 1 is 1.25 bits per heavy atom. The molecule has 0 aliphatic carbocycles. The van der Waals surface area contributed by atoms with Crippen molar-refractivity contribution in [3.05, 3.63) is 31.8 Å². The molecule has 0 aromatic carbocycles. The highest BCUT2D eigenvalue weighted by Gasteiger charge is 2.30. The molecule has 0 spiro atoms. The van der Waals surface area contributed by atoms with E-state index < -0.39 is 17.4 Å². The molecular weight excluding hydrogens is 384 g/mol. The van der Waals surface area contributed by atoms with Crippen molar-refractivity contribution in [2.24, 2.45) is 0 Å². The number of hydrogen-bond donors (Lipinski definition) is 1. The average molecular weight is 408 g/mol. The fourth-order valence-corrected chi connectivity index (χ4v) is 4.08. The summed E-state index contributed by atoms with van der Waals surface area (Å²) in [6.45, 7) is 8.41. The number of nitrogens with one attached hydrogen (secondary N) is 1. The molecule has 152 valence electrons. The van der Waals surface area contributed by atoms with Gasteiger partial charge in [-0.3, -0.25) is 19.1 Å². The molecule has 3 rings (SSSR count). The number of aromatic amines is 1. The average Bonchev–Trinajstić information content (AvgIpc) is 2.98. The van der Waals surface area contributed by atoms with Crippen LogP contribution in [0.4, 0.5) is 4.79 Å². The lowest BCUT2D eigenvalue weighted by Crippen LogP contribution is -2.52. The van der Waals surface area contributed by atoms with E-state index in [4.69, 9.17) is 4.74 Å².